The van der Waals surface area contributed by atoms with E-state index in [0.717, 1.165) is 11.3 Å². The number of rotatable bonds is 3. The zero-order valence-corrected chi connectivity index (χ0v) is 10.3. The number of aromatic nitrogens is 3. The second-order valence-electron chi connectivity index (χ2n) is 4.00. The zero-order valence-electron chi connectivity index (χ0n) is 10.3. The van der Waals surface area contributed by atoms with Crippen molar-refractivity contribution in [1.82, 2.24) is 20.1 Å². The SMILES string of the molecule is Cc1c(CNC(=O)c2cccnc2N)cnn1C. The number of aryl methyl sites for hydroxylation is 1. The van der Waals surface area contributed by atoms with Crippen LogP contribution in [0.25, 0.3) is 0 Å². The Bertz CT molecular complexity index is 576. The molecule has 1 amide bonds. The molecule has 0 atom stereocenters. The van der Waals surface area contributed by atoms with E-state index in [4.69, 9.17) is 5.73 Å². The second kappa shape index (κ2) is 4.87. The number of nitrogens with zero attached hydrogens (tertiary/aromatic N) is 3. The number of hydrogen-bond donors (Lipinski definition) is 2. The third-order valence-electron chi connectivity index (χ3n) is 2.86. The van der Waals surface area contributed by atoms with Crippen LogP contribution < -0.4 is 11.1 Å². The average molecular weight is 245 g/mol. The molecule has 0 aromatic carbocycles. The number of nitrogens with one attached hydrogen (secondary N) is 1. The van der Waals surface area contributed by atoms with Crippen molar-refractivity contribution in [2.24, 2.45) is 7.05 Å². The largest absolute Gasteiger partial charge is 0.383 e. The predicted molar refractivity (Wildman–Crippen MR) is 67.8 cm³/mol. The highest BCUT2D eigenvalue weighted by Crippen LogP contribution is 2.08. The number of carbonyl (C=O) groups excluding carboxylic acids is 1. The summed E-state index contributed by atoms with van der Waals surface area (Å²) < 4.78 is 1.76. The molecule has 0 aliphatic rings. The van der Waals surface area contributed by atoms with Crippen LogP contribution >= 0.6 is 0 Å². The van der Waals surface area contributed by atoms with Crippen molar-refractivity contribution in [3.63, 3.8) is 0 Å². The molecular formula is C12H15N5O. The van der Waals surface area contributed by atoms with E-state index in [1.807, 2.05) is 14.0 Å². The lowest BCUT2D eigenvalue weighted by atomic mass is 10.2. The van der Waals surface area contributed by atoms with Crippen LogP contribution in [0.2, 0.25) is 0 Å². The molecule has 0 unspecified atom stereocenters. The summed E-state index contributed by atoms with van der Waals surface area (Å²) in [7, 11) is 1.86. The fourth-order valence-electron chi connectivity index (χ4n) is 1.60. The van der Waals surface area contributed by atoms with Crippen LogP contribution in [0.15, 0.2) is 24.5 Å². The second-order valence-corrected chi connectivity index (χ2v) is 4.00. The first-order chi connectivity index (χ1) is 8.59. The van der Waals surface area contributed by atoms with Gasteiger partial charge < -0.3 is 11.1 Å². The number of amides is 1. The van der Waals surface area contributed by atoms with Gasteiger partial charge in [-0.3, -0.25) is 9.48 Å². The molecule has 0 fully saturated rings. The van der Waals surface area contributed by atoms with Gasteiger partial charge in [-0.15, -0.1) is 0 Å². The molecule has 0 radical (unpaired) electrons. The minimum Gasteiger partial charge on any atom is -0.383 e. The molecule has 0 aliphatic heterocycles. The minimum atomic E-state index is -0.233. The zero-order chi connectivity index (χ0) is 13.1. The van der Waals surface area contributed by atoms with E-state index in [-0.39, 0.29) is 11.7 Å². The van der Waals surface area contributed by atoms with Gasteiger partial charge in [-0.05, 0) is 19.1 Å². The Morgan fingerprint density at radius 3 is 2.94 bits per heavy atom. The fraction of sp³-hybridized carbons (Fsp3) is 0.250. The van der Waals surface area contributed by atoms with Crippen LogP contribution in [0.5, 0.6) is 0 Å². The van der Waals surface area contributed by atoms with Crippen LogP contribution in [0.3, 0.4) is 0 Å². The Kier molecular flexibility index (Phi) is 3.27. The quantitative estimate of drug-likeness (QED) is 0.830. The van der Waals surface area contributed by atoms with Crippen molar-refractivity contribution in [1.29, 1.82) is 0 Å². The Balaban J connectivity index is 2.05. The lowest BCUT2D eigenvalue weighted by Gasteiger charge is -2.06. The van der Waals surface area contributed by atoms with Crippen molar-refractivity contribution in [2.45, 2.75) is 13.5 Å². The van der Waals surface area contributed by atoms with E-state index in [1.165, 1.54) is 0 Å². The van der Waals surface area contributed by atoms with Gasteiger partial charge in [-0.2, -0.15) is 5.10 Å². The van der Waals surface area contributed by atoms with Crippen LogP contribution in [0.1, 0.15) is 21.6 Å². The summed E-state index contributed by atoms with van der Waals surface area (Å²) in [4.78, 5) is 15.8. The molecule has 2 rings (SSSR count). The first-order valence-corrected chi connectivity index (χ1v) is 5.55. The molecule has 0 bridgehead atoms. The van der Waals surface area contributed by atoms with Gasteiger partial charge in [-0.1, -0.05) is 0 Å². The molecule has 2 aromatic heterocycles. The minimum absolute atomic E-state index is 0.233. The molecule has 2 aromatic rings. The highest BCUT2D eigenvalue weighted by atomic mass is 16.1. The lowest BCUT2D eigenvalue weighted by Crippen LogP contribution is -2.24. The lowest BCUT2D eigenvalue weighted by molar-refractivity contribution is 0.0951. The van der Waals surface area contributed by atoms with E-state index in [2.05, 4.69) is 15.4 Å². The van der Waals surface area contributed by atoms with Crippen molar-refractivity contribution in [3.05, 3.63) is 41.3 Å². The summed E-state index contributed by atoms with van der Waals surface area (Å²) in [6.45, 7) is 2.37. The summed E-state index contributed by atoms with van der Waals surface area (Å²) in [5.74, 6) is 0.00163. The van der Waals surface area contributed by atoms with Gasteiger partial charge in [0.1, 0.15) is 5.82 Å². The van der Waals surface area contributed by atoms with Crippen LogP contribution in [-0.2, 0) is 13.6 Å². The topological polar surface area (TPSA) is 85.8 Å². The molecule has 94 valence electrons. The molecule has 18 heavy (non-hydrogen) atoms. The maximum atomic E-state index is 11.9. The third-order valence-corrected chi connectivity index (χ3v) is 2.86. The molecule has 0 saturated heterocycles. The molecule has 6 nitrogen and oxygen atoms in total. The average Bonchev–Trinajstić information content (AvgIpc) is 2.68. The maximum Gasteiger partial charge on any atom is 0.255 e. The van der Waals surface area contributed by atoms with Gasteiger partial charge in [-0.25, -0.2) is 4.98 Å². The number of anilines is 1. The van der Waals surface area contributed by atoms with E-state index < -0.39 is 0 Å². The van der Waals surface area contributed by atoms with Gasteiger partial charge in [0.15, 0.2) is 0 Å². The van der Waals surface area contributed by atoms with Crippen molar-refractivity contribution >= 4 is 11.7 Å². The summed E-state index contributed by atoms with van der Waals surface area (Å²) in [6.07, 6.45) is 3.29. The Morgan fingerprint density at radius 1 is 1.56 bits per heavy atom. The standard InChI is InChI=1S/C12H15N5O/c1-8-9(7-16-17(8)2)6-15-12(18)10-4-3-5-14-11(10)13/h3-5,7H,6H2,1-2H3,(H2,13,14)(H,15,18). The molecule has 0 aliphatic carbocycles. The summed E-state index contributed by atoms with van der Waals surface area (Å²) in [5, 5.41) is 6.91. The highest BCUT2D eigenvalue weighted by molar-refractivity contribution is 5.98. The van der Waals surface area contributed by atoms with Gasteiger partial charge in [0.05, 0.1) is 11.8 Å². The van der Waals surface area contributed by atoms with Gasteiger partial charge in [0.25, 0.3) is 5.91 Å². The van der Waals surface area contributed by atoms with E-state index in [0.29, 0.717) is 12.1 Å². The molecular weight excluding hydrogens is 230 g/mol. The fourth-order valence-corrected chi connectivity index (χ4v) is 1.60. The summed E-state index contributed by atoms with van der Waals surface area (Å²) >= 11 is 0. The van der Waals surface area contributed by atoms with E-state index >= 15 is 0 Å². The Labute approximate surface area is 105 Å². The van der Waals surface area contributed by atoms with Gasteiger partial charge >= 0.3 is 0 Å². The molecule has 0 spiro atoms. The van der Waals surface area contributed by atoms with E-state index in [9.17, 15) is 4.79 Å². The van der Waals surface area contributed by atoms with Crippen LogP contribution in [0.4, 0.5) is 5.82 Å². The molecule has 2 heterocycles. The van der Waals surface area contributed by atoms with Crippen molar-refractivity contribution in [2.75, 3.05) is 5.73 Å². The summed E-state index contributed by atoms with van der Waals surface area (Å²) in [5.41, 5.74) is 8.03. The number of pyridine rings is 1. The van der Waals surface area contributed by atoms with Crippen molar-refractivity contribution in [3.8, 4) is 0 Å². The molecule has 3 N–H and O–H groups in total. The first kappa shape index (κ1) is 12.1. The number of hydrogen-bond acceptors (Lipinski definition) is 4. The normalized spacial score (nSPS) is 10.3. The predicted octanol–water partition coefficient (Wildman–Crippen LogP) is 0.636. The number of nitrogen functional groups attached to an aromatic ring is 1. The highest BCUT2D eigenvalue weighted by Gasteiger charge is 2.11. The van der Waals surface area contributed by atoms with E-state index in [1.54, 1.807) is 29.2 Å². The maximum absolute atomic E-state index is 11.9. The van der Waals surface area contributed by atoms with Gasteiger partial charge in [0, 0.05) is 31.0 Å². The monoisotopic (exact) mass is 245 g/mol. The number of carbonyl (C=O) groups is 1. The Morgan fingerprint density at radius 2 is 2.33 bits per heavy atom. The smallest absolute Gasteiger partial charge is 0.255 e. The van der Waals surface area contributed by atoms with Crippen molar-refractivity contribution < 1.29 is 4.79 Å². The molecule has 6 heteroatoms. The van der Waals surface area contributed by atoms with Crippen LogP contribution in [0, 0.1) is 6.92 Å². The molecule has 0 saturated carbocycles. The van der Waals surface area contributed by atoms with Gasteiger partial charge in [0.2, 0.25) is 0 Å². The Hall–Kier alpha value is -2.37. The van der Waals surface area contributed by atoms with Crippen LogP contribution in [-0.4, -0.2) is 20.7 Å². The number of nitrogens with two attached hydrogens (primary N) is 1. The summed E-state index contributed by atoms with van der Waals surface area (Å²) in [6, 6.07) is 3.33. The third kappa shape index (κ3) is 2.32. The first-order valence-electron chi connectivity index (χ1n) is 5.55.